The molecule has 220 valence electrons. The second-order valence-electron chi connectivity index (χ2n) is 9.00. The first-order valence-corrected chi connectivity index (χ1v) is 13.5. The molecule has 0 saturated heterocycles. The molecule has 3 aromatic carbocycles. The van der Waals surface area contributed by atoms with Crippen LogP contribution in [-0.4, -0.2) is 38.0 Å². The maximum atomic E-state index is 14.0. The fraction of sp³-hybridized carbons (Fsp3) is 0.148. The summed E-state index contributed by atoms with van der Waals surface area (Å²) in [6, 6.07) is 13.1. The summed E-state index contributed by atoms with van der Waals surface area (Å²) < 4.78 is 71.5. The molecule has 0 bridgehead atoms. The first kappa shape index (κ1) is 30.2. The van der Waals surface area contributed by atoms with Gasteiger partial charge in [0.1, 0.15) is 11.6 Å². The number of carbonyl (C=O) groups is 1. The van der Waals surface area contributed by atoms with E-state index < -0.39 is 39.9 Å². The minimum absolute atomic E-state index is 0.177. The van der Waals surface area contributed by atoms with Crippen molar-refractivity contribution in [2.75, 3.05) is 27.9 Å². The Balaban J connectivity index is 1.51. The van der Waals surface area contributed by atoms with Crippen molar-refractivity contribution < 1.29 is 31.7 Å². The average Bonchev–Trinajstić information content (AvgIpc) is 2.94. The fourth-order valence-corrected chi connectivity index (χ4v) is 4.09. The first-order chi connectivity index (χ1) is 19.9. The van der Waals surface area contributed by atoms with Crippen LogP contribution in [0.1, 0.15) is 12.5 Å². The first-order valence-electron chi connectivity index (χ1n) is 12.3. The molecule has 4 aromatic rings. The summed E-state index contributed by atoms with van der Waals surface area (Å²) in [6.07, 6.45) is -3.16. The van der Waals surface area contributed by atoms with Gasteiger partial charge in [-0.15, -0.1) is 0 Å². The molecule has 0 aliphatic rings. The number of hydrogen-bond acceptors (Lipinski definition) is 8. The molecule has 6 N–H and O–H groups in total. The van der Waals surface area contributed by atoms with E-state index in [0.717, 1.165) is 0 Å². The zero-order valence-electron chi connectivity index (χ0n) is 21.8. The number of aliphatic hydroxyl groups is 1. The van der Waals surface area contributed by atoms with E-state index in [9.17, 15) is 31.7 Å². The molecule has 2 unspecified atom stereocenters. The lowest BCUT2D eigenvalue weighted by Gasteiger charge is -2.17. The largest absolute Gasteiger partial charge is 0.416 e. The number of urea groups is 1. The third kappa shape index (κ3) is 7.70. The van der Waals surface area contributed by atoms with Gasteiger partial charge in [-0.05, 0) is 67.1 Å². The lowest BCUT2D eigenvalue weighted by atomic mass is 10.1. The lowest BCUT2D eigenvalue weighted by Crippen LogP contribution is -2.21. The highest BCUT2D eigenvalue weighted by Crippen LogP contribution is 2.32. The highest BCUT2D eigenvalue weighted by Gasteiger charge is 2.31. The van der Waals surface area contributed by atoms with Gasteiger partial charge in [-0.2, -0.15) is 18.2 Å². The number of thiol groups is 1. The van der Waals surface area contributed by atoms with Crippen molar-refractivity contribution in [2.45, 2.75) is 24.0 Å². The Morgan fingerprint density at radius 3 is 2.31 bits per heavy atom. The Bertz CT molecular complexity index is 1640. The van der Waals surface area contributed by atoms with Crippen LogP contribution in [0.5, 0.6) is 0 Å². The van der Waals surface area contributed by atoms with Crippen LogP contribution in [0.15, 0.2) is 77.8 Å². The van der Waals surface area contributed by atoms with Crippen LogP contribution >= 0.6 is 0 Å². The number of rotatable bonds is 9. The number of aromatic nitrogens is 2. The van der Waals surface area contributed by atoms with Crippen molar-refractivity contribution in [3.05, 3.63) is 84.3 Å². The zero-order valence-corrected chi connectivity index (χ0v) is 22.7. The summed E-state index contributed by atoms with van der Waals surface area (Å²) in [5.41, 5.74) is 0.340. The Labute approximate surface area is 239 Å². The summed E-state index contributed by atoms with van der Waals surface area (Å²) in [5, 5.41) is 20.2. The summed E-state index contributed by atoms with van der Waals surface area (Å²) in [4.78, 5) is 21.6. The number of carbonyl (C=O) groups excluding carboxylic acids is 1. The number of alkyl halides is 3. The van der Waals surface area contributed by atoms with E-state index in [1.54, 1.807) is 49.5 Å². The Hall–Kier alpha value is -4.76. The van der Waals surface area contributed by atoms with Crippen LogP contribution in [0.25, 0.3) is 11.1 Å². The van der Waals surface area contributed by atoms with Gasteiger partial charge in [0.15, 0.2) is 0 Å². The number of benzene rings is 3. The zero-order chi connectivity index (χ0) is 30.4. The van der Waals surface area contributed by atoms with Gasteiger partial charge >= 0.3 is 12.2 Å². The Morgan fingerprint density at radius 2 is 1.69 bits per heavy atom. The van der Waals surface area contributed by atoms with Gasteiger partial charge < -0.3 is 26.4 Å². The molecule has 2 amide bonds. The van der Waals surface area contributed by atoms with Crippen molar-refractivity contribution in [2.24, 2.45) is 0 Å². The molecule has 0 saturated carbocycles. The average molecular weight is 604 g/mol. The maximum absolute atomic E-state index is 14.0. The molecule has 0 spiro atoms. The van der Waals surface area contributed by atoms with Crippen LogP contribution in [-0.2, 0) is 16.8 Å². The van der Waals surface area contributed by atoms with E-state index in [-0.39, 0.29) is 24.3 Å². The summed E-state index contributed by atoms with van der Waals surface area (Å²) in [6.45, 7) is 1.57. The van der Waals surface area contributed by atoms with Crippen LogP contribution < -0.4 is 21.3 Å². The quantitative estimate of drug-likeness (QED) is 0.0904. The number of anilines is 5. The molecule has 0 aliphatic carbocycles. The smallest absolute Gasteiger partial charge is 0.394 e. The molecule has 0 radical (unpaired) electrons. The van der Waals surface area contributed by atoms with E-state index in [1.807, 2.05) is 0 Å². The SMILES string of the molecule is CC(CO)Nc1nc(Nc2ccc([SH](=N)=O)cc2)ncc1-c1ccc(NC(=O)Nc2cc(C(F)(F)F)ccc2F)cc1. The number of halogens is 4. The lowest BCUT2D eigenvalue weighted by molar-refractivity contribution is -0.137. The molecular weight excluding hydrogens is 578 g/mol. The molecule has 1 heterocycles. The maximum Gasteiger partial charge on any atom is 0.416 e. The Morgan fingerprint density at radius 1 is 1.02 bits per heavy atom. The minimum atomic E-state index is -4.70. The van der Waals surface area contributed by atoms with E-state index in [1.165, 1.54) is 12.1 Å². The highest BCUT2D eigenvalue weighted by atomic mass is 32.2. The molecule has 1 aromatic heterocycles. The number of aliphatic hydroxyl groups excluding tert-OH is 1. The molecule has 2 atom stereocenters. The van der Waals surface area contributed by atoms with Crippen molar-refractivity contribution in [1.82, 2.24) is 9.97 Å². The standard InChI is InChI=1S/C27H25F4N7O3S/c1-15(14-39)34-24-21(13-33-25(38-24)35-18-7-9-20(10-8-18)42(32)41)16-2-5-19(6-3-16)36-26(40)37-23-12-17(27(29,30)31)4-11-22(23)28/h2-13,15,32,39,42H,14H2,1H3,(H2,36,37,40)(H2,33,34,35,38). The topological polar surface area (TPSA) is 152 Å². The predicted molar refractivity (Wildman–Crippen MR) is 152 cm³/mol. The van der Waals surface area contributed by atoms with Crippen LogP contribution in [0.2, 0.25) is 0 Å². The molecule has 42 heavy (non-hydrogen) atoms. The Kier molecular flexibility index (Phi) is 9.22. The van der Waals surface area contributed by atoms with E-state index in [2.05, 4.69) is 31.2 Å². The second kappa shape index (κ2) is 12.8. The predicted octanol–water partition coefficient (Wildman–Crippen LogP) is 6.08. The molecular formula is C27H25F4N7O3S. The van der Waals surface area contributed by atoms with Gasteiger partial charge in [0.05, 0.1) is 28.5 Å². The van der Waals surface area contributed by atoms with Gasteiger partial charge in [0.2, 0.25) is 5.95 Å². The fourth-order valence-electron chi connectivity index (χ4n) is 3.67. The third-order valence-electron chi connectivity index (χ3n) is 5.80. The molecule has 10 nitrogen and oxygen atoms in total. The van der Waals surface area contributed by atoms with E-state index in [0.29, 0.717) is 45.7 Å². The van der Waals surface area contributed by atoms with Gasteiger partial charge in [-0.1, -0.05) is 12.1 Å². The molecule has 0 aliphatic heterocycles. The van der Waals surface area contributed by atoms with Crippen LogP contribution in [0.3, 0.4) is 0 Å². The molecule has 4 rings (SSSR count). The van der Waals surface area contributed by atoms with Crippen molar-refractivity contribution in [1.29, 1.82) is 4.78 Å². The number of nitrogens with one attached hydrogen (secondary N) is 5. The number of nitrogens with zero attached hydrogens (tertiary/aromatic N) is 2. The monoisotopic (exact) mass is 603 g/mol. The van der Waals surface area contributed by atoms with E-state index in [4.69, 9.17) is 4.78 Å². The van der Waals surface area contributed by atoms with Crippen molar-refractivity contribution in [3.63, 3.8) is 0 Å². The number of hydrogen-bond donors (Lipinski definition) is 7. The van der Waals surface area contributed by atoms with Crippen LogP contribution in [0, 0.1) is 10.6 Å². The van der Waals surface area contributed by atoms with Crippen molar-refractivity contribution >= 4 is 45.5 Å². The van der Waals surface area contributed by atoms with Crippen molar-refractivity contribution in [3.8, 4) is 11.1 Å². The summed E-state index contributed by atoms with van der Waals surface area (Å²) in [5.74, 6) is -0.408. The van der Waals surface area contributed by atoms with Gasteiger partial charge in [-0.25, -0.2) is 18.4 Å². The third-order valence-corrected chi connectivity index (χ3v) is 6.57. The molecule has 15 heteroatoms. The number of amides is 2. The van der Waals surface area contributed by atoms with E-state index >= 15 is 0 Å². The van der Waals surface area contributed by atoms with Crippen LogP contribution in [0.4, 0.5) is 51.2 Å². The van der Waals surface area contributed by atoms with Gasteiger partial charge in [0.25, 0.3) is 0 Å². The molecule has 0 fully saturated rings. The van der Waals surface area contributed by atoms with Gasteiger partial charge in [0, 0.05) is 34.1 Å². The minimum Gasteiger partial charge on any atom is -0.394 e. The normalized spacial score (nSPS) is 12.7. The second-order valence-corrected chi connectivity index (χ2v) is 10.1. The van der Waals surface area contributed by atoms with Gasteiger partial charge in [-0.3, -0.25) is 4.78 Å². The summed E-state index contributed by atoms with van der Waals surface area (Å²) in [7, 11) is -2.21. The highest BCUT2D eigenvalue weighted by molar-refractivity contribution is 7.73. The summed E-state index contributed by atoms with van der Waals surface area (Å²) >= 11 is 0.